The summed E-state index contributed by atoms with van der Waals surface area (Å²) in [6.07, 6.45) is 2.43. The zero-order valence-corrected chi connectivity index (χ0v) is 12.1. The van der Waals surface area contributed by atoms with Crippen LogP contribution in [0, 0.1) is 6.92 Å². The normalized spacial score (nSPS) is 11.4. The summed E-state index contributed by atoms with van der Waals surface area (Å²) < 4.78 is 36.5. The van der Waals surface area contributed by atoms with Gasteiger partial charge in [-0.3, -0.25) is 4.98 Å². The van der Waals surface area contributed by atoms with Crippen LogP contribution in [-0.4, -0.2) is 25.7 Å². The molecule has 0 spiro atoms. The average molecular weight is 317 g/mol. The minimum atomic E-state index is -3.64. The van der Waals surface area contributed by atoms with Gasteiger partial charge in [0.2, 0.25) is 0 Å². The lowest BCUT2D eigenvalue weighted by atomic mass is 10.4. The first kappa shape index (κ1) is 19.6. The molecule has 0 saturated carbocycles. The Morgan fingerprint density at radius 3 is 2.61 bits per heavy atom. The Labute approximate surface area is 118 Å². The summed E-state index contributed by atoms with van der Waals surface area (Å²) in [6.45, 7) is 1.65. The highest BCUT2D eigenvalue weighted by Gasteiger charge is 2.16. The molecule has 0 amide bonds. The standard InChI is InChI=1S/C10H13FN2O2S.2ClH/c1-8-6-10(3-5-13-8)16(14,15)7-9(11)2-4-12;;/h2-3,5-6H,4,7,12H2,1H3;2*1H/b9-2-;;. The molecule has 4 nitrogen and oxygen atoms in total. The van der Waals surface area contributed by atoms with Crippen LogP contribution in [-0.2, 0) is 9.84 Å². The number of rotatable bonds is 4. The molecule has 0 radical (unpaired) electrons. The van der Waals surface area contributed by atoms with Crippen LogP contribution in [0.5, 0.6) is 0 Å². The number of halogens is 3. The lowest BCUT2D eigenvalue weighted by molar-refractivity contribution is 0.583. The lowest BCUT2D eigenvalue weighted by Gasteiger charge is -2.03. The molecule has 0 bridgehead atoms. The van der Waals surface area contributed by atoms with Gasteiger partial charge in [0.05, 0.1) is 4.90 Å². The third-order valence-corrected chi connectivity index (χ3v) is 3.52. The third-order valence-electron chi connectivity index (χ3n) is 1.89. The number of pyridine rings is 1. The van der Waals surface area contributed by atoms with Crippen molar-refractivity contribution in [2.45, 2.75) is 11.8 Å². The van der Waals surface area contributed by atoms with Gasteiger partial charge in [-0.25, -0.2) is 12.8 Å². The SMILES string of the molecule is Cc1cc(S(=O)(=O)C/C(F)=C/CN)ccn1.Cl.Cl. The van der Waals surface area contributed by atoms with Crippen LogP contribution in [0.1, 0.15) is 5.69 Å². The molecule has 0 aliphatic rings. The summed E-state index contributed by atoms with van der Waals surface area (Å²) in [5.41, 5.74) is 5.66. The minimum Gasteiger partial charge on any atom is -0.327 e. The second kappa shape index (κ2) is 8.42. The Kier molecular flexibility index (Phi) is 9.19. The number of hydrogen-bond donors (Lipinski definition) is 1. The van der Waals surface area contributed by atoms with Gasteiger partial charge in [-0.05, 0) is 25.1 Å². The minimum absolute atomic E-state index is 0. The third kappa shape index (κ3) is 5.77. The van der Waals surface area contributed by atoms with Crippen LogP contribution in [0.2, 0.25) is 0 Å². The number of aromatic nitrogens is 1. The number of aryl methyl sites for hydroxylation is 1. The zero-order chi connectivity index (χ0) is 12.2. The van der Waals surface area contributed by atoms with E-state index in [1.807, 2.05) is 0 Å². The fourth-order valence-corrected chi connectivity index (χ4v) is 2.43. The molecule has 0 fully saturated rings. The van der Waals surface area contributed by atoms with Gasteiger partial charge in [0.1, 0.15) is 11.6 Å². The Balaban J connectivity index is 0. The van der Waals surface area contributed by atoms with Gasteiger partial charge in [-0.1, -0.05) is 0 Å². The summed E-state index contributed by atoms with van der Waals surface area (Å²) in [5.74, 6) is -1.40. The predicted octanol–water partition coefficient (Wildman–Crippen LogP) is 1.82. The van der Waals surface area contributed by atoms with Gasteiger partial charge in [0.15, 0.2) is 9.84 Å². The molecule has 104 valence electrons. The van der Waals surface area contributed by atoms with Crippen molar-refractivity contribution in [3.05, 3.63) is 35.9 Å². The molecule has 1 heterocycles. The summed E-state index contributed by atoms with van der Waals surface area (Å²) in [5, 5.41) is 0. The summed E-state index contributed by atoms with van der Waals surface area (Å²) >= 11 is 0. The number of sulfone groups is 1. The molecule has 1 rings (SSSR count). The van der Waals surface area contributed by atoms with Crippen LogP contribution < -0.4 is 5.73 Å². The highest BCUT2D eigenvalue weighted by Crippen LogP contribution is 2.14. The highest BCUT2D eigenvalue weighted by molar-refractivity contribution is 7.91. The predicted molar refractivity (Wildman–Crippen MR) is 73.8 cm³/mol. The van der Waals surface area contributed by atoms with Gasteiger partial charge in [-0.2, -0.15) is 0 Å². The molecule has 0 aliphatic heterocycles. The topological polar surface area (TPSA) is 73.0 Å². The van der Waals surface area contributed by atoms with E-state index in [0.29, 0.717) is 5.69 Å². The monoisotopic (exact) mass is 316 g/mol. The Hall–Kier alpha value is -0.690. The number of nitrogens with two attached hydrogens (primary N) is 1. The van der Waals surface area contributed by atoms with E-state index < -0.39 is 21.4 Å². The van der Waals surface area contributed by atoms with Crippen molar-refractivity contribution < 1.29 is 12.8 Å². The summed E-state index contributed by atoms with van der Waals surface area (Å²) in [6, 6.07) is 2.75. The van der Waals surface area contributed by atoms with E-state index in [0.717, 1.165) is 6.08 Å². The molecule has 1 aromatic heterocycles. The largest absolute Gasteiger partial charge is 0.327 e. The van der Waals surface area contributed by atoms with Crippen molar-refractivity contribution in [1.82, 2.24) is 4.98 Å². The van der Waals surface area contributed by atoms with Crippen molar-refractivity contribution >= 4 is 34.7 Å². The molecule has 0 aliphatic carbocycles. The van der Waals surface area contributed by atoms with Gasteiger partial charge >= 0.3 is 0 Å². The molecule has 2 N–H and O–H groups in total. The van der Waals surface area contributed by atoms with Gasteiger partial charge in [-0.15, -0.1) is 24.8 Å². The Morgan fingerprint density at radius 2 is 2.11 bits per heavy atom. The first-order valence-electron chi connectivity index (χ1n) is 4.66. The zero-order valence-electron chi connectivity index (χ0n) is 9.67. The van der Waals surface area contributed by atoms with Crippen LogP contribution >= 0.6 is 24.8 Å². The van der Waals surface area contributed by atoms with E-state index in [2.05, 4.69) is 4.98 Å². The maximum Gasteiger partial charge on any atom is 0.184 e. The van der Waals surface area contributed by atoms with E-state index in [1.54, 1.807) is 6.92 Å². The molecule has 0 unspecified atom stereocenters. The Morgan fingerprint density at radius 1 is 1.50 bits per heavy atom. The molecule has 0 saturated heterocycles. The smallest absolute Gasteiger partial charge is 0.184 e. The quantitative estimate of drug-likeness (QED) is 0.919. The molecular formula is C10H15Cl2FN2O2S. The average Bonchev–Trinajstić information content (AvgIpc) is 2.17. The van der Waals surface area contributed by atoms with E-state index >= 15 is 0 Å². The number of nitrogens with zero attached hydrogens (tertiary/aromatic N) is 1. The Bertz CT molecular complexity index is 506. The first-order chi connectivity index (χ1) is 7.45. The van der Waals surface area contributed by atoms with Crippen molar-refractivity contribution in [2.24, 2.45) is 5.73 Å². The van der Waals surface area contributed by atoms with Crippen LogP contribution in [0.4, 0.5) is 4.39 Å². The summed E-state index contributed by atoms with van der Waals surface area (Å²) in [4.78, 5) is 3.95. The van der Waals surface area contributed by atoms with Crippen molar-refractivity contribution in [1.29, 1.82) is 0 Å². The van der Waals surface area contributed by atoms with E-state index in [4.69, 9.17) is 5.73 Å². The molecular weight excluding hydrogens is 302 g/mol. The van der Waals surface area contributed by atoms with Crippen LogP contribution in [0.15, 0.2) is 35.1 Å². The van der Waals surface area contributed by atoms with Crippen molar-refractivity contribution in [2.75, 3.05) is 12.3 Å². The second-order valence-electron chi connectivity index (χ2n) is 3.28. The van der Waals surface area contributed by atoms with Gasteiger partial charge in [0.25, 0.3) is 0 Å². The maximum atomic E-state index is 13.1. The number of hydrogen-bond acceptors (Lipinski definition) is 4. The fourth-order valence-electron chi connectivity index (χ4n) is 1.16. The van der Waals surface area contributed by atoms with E-state index in [-0.39, 0.29) is 36.3 Å². The van der Waals surface area contributed by atoms with E-state index in [1.165, 1.54) is 18.3 Å². The lowest BCUT2D eigenvalue weighted by Crippen LogP contribution is -2.09. The summed E-state index contributed by atoms with van der Waals surface area (Å²) in [7, 11) is -3.64. The highest BCUT2D eigenvalue weighted by atomic mass is 35.5. The fraction of sp³-hybridized carbons (Fsp3) is 0.300. The molecule has 8 heteroatoms. The van der Waals surface area contributed by atoms with Gasteiger partial charge in [0, 0.05) is 18.4 Å². The van der Waals surface area contributed by atoms with Gasteiger partial charge < -0.3 is 5.73 Å². The van der Waals surface area contributed by atoms with Crippen molar-refractivity contribution in [3.8, 4) is 0 Å². The van der Waals surface area contributed by atoms with Crippen LogP contribution in [0.25, 0.3) is 0 Å². The molecule has 18 heavy (non-hydrogen) atoms. The maximum absolute atomic E-state index is 13.1. The molecule has 1 aromatic rings. The molecule has 0 atom stereocenters. The van der Waals surface area contributed by atoms with E-state index in [9.17, 15) is 12.8 Å². The first-order valence-corrected chi connectivity index (χ1v) is 6.31. The van der Waals surface area contributed by atoms with Crippen molar-refractivity contribution in [3.63, 3.8) is 0 Å². The molecule has 0 aromatic carbocycles. The second-order valence-corrected chi connectivity index (χ2v) is 5.27. The van der Waals surface area contributed by atoms with Crippen LogP contribution in [0.3, 0.4) is 0 Å².